The molecule has 2 unspecified atom stereocenters. The standard InChI is InChI=1S/C36H45FN8O3.ClH/c1-23-22-48-36-33-29(15-30(37)34(36)42(2)26-6-4-11-39-16-26)35(46)25(20-45(23)33)19-44(18-24-10-12-40-32(14-24)47-3)28-7-5-13-43(21-28)27-8-9-31(38)41-17-27;/h8-10,12,14-15,17,20,23,26,28,39H,4-7,11,13,16,18-19,21-22H2,1-3H3,(H2,38,41);1H/t23?,26?,28-;/m0./s1. The second kappa shape index (κ2) is 14.8. The molecule has 49 heavy (non-hydrogen) atoms. The van der Waals surface area contributed by atoms with Crippen LogP contribution in [0.15, 0.2) is 53.7 Å². The van der Waals surface area contributed by atoms with E-state index in [1.165, 1.54) is 6.07 Å². The van der Waals surface area contributed by atoms with Gasteiger partial charge in [-0.05, 0) is 69.0 Å². The van der Waals surface area contributed by atoms with Gasteiger partial charge in [0.1, 0.15) is 18.1 Å². The zero-order chi connectivity index (χ0) is 33.4. The smallest absolute Gasteiger partial charge is 0.213 e. The highest BCUT2D eigenvalue weighted by molar-refractivity contribution is 5.92. The Bertz CT molecular complexity index is 1830. The number of piperidine rings is 2. The topological polar surface area (TPSA) is 114 Å². The largest absolute Gasteiger partial charge is 0.487 e. The molecule has 3 atom stereocenters. The summed E-state index contributed by atoms with van der Waals surface area (Å²) in [4.78, 5) is 29.7. The fourth-order valence-corrected chi connectivity index (χ4v) is 7.56. The molecule has 0 radical (unpaired) electrons. The number of pyridine rings is 3. The van der Waals surface area contributed by atoms with Crippen molar-refractivity contribution in [3.05, 3.63) is 76.1 Å². The van der Waals surface area contributed by atoms with Gasteiger partial charge < -0.3 is 34.9 Å². The first kappa shape index (κ1) is 34.7. The Labute approximate surface area is 292 Å². The number of hydrogen-bond acceptors (Lipinski definition) is 10. The Morgan fingerprint density at radius 2 is 1.98 bits per heavy atom. The van der Waals surface area contributed by atoms with Gasteiger partial charge in [-0.3, -0.25) is 9.69 Å². The van der Waals surface area contributed by atoms with Crippen LogP contribution in [0.25, 0.3) is 10.9 Å². The number of nitrogen functional groups attached to an aromatic ring is 1. The minimum atomic E-state index is -0.429. The van der Waals surface area contributed by atoms with Gasteiger partial charge in [0, 0.05) is 75.9 Å². The number of nitrogens with zero attached hydrogens (tertiary/aromatic N) is 6. The number of hydrogen-bond donors (Lipinski definition) is 2. The van der Waals surface area contributed by atoms with Crippen LogP contribution in [-0.4, -0.2) is 78.5 Å². The monoisotopic (exact) mass is 692 g/mol. The molecule has 6 heterocycles. The van der Waals surface area contributed by atoms with Crippen molar-refractivity contribution in [1.82, 2.24) is 24.8 Å². The molecule has 262 valence electrons. The fourth-order valence-electron chi connectivity index (χ4n) is 7.56. The van der Waals surface area contributed by atoms with Crippen LogP contribution in [0, 0.1) is 5.82 Å². The van der Waals surface area contributed by atoms with Crippen LogP contribution in [-0.2, 0) is 13.1 Å². The van der Waals surface area contributed by atoms with Gasteiger partial charge in [0.05, 0.1) is 35.9 Å². The van der Waals surface area contributed by atoms with E-state index < -0.39 is 5.82 Å². The second-order valence-electron chi connectivity index (χ2n) is 13.4. The molecule has 1 aromatic carbocycles. The lowest BCUT2D eigenvalue weighted by Crippen LogP contribution is -2.48. The molecule has 2 fully saturated rings. The number of nitrogens with two attached hydrogens (primary N) is 1. The predicted octanol–water partition coefficient (Wildman–Crippen LogP) is 4.76. The Morgan fingerprint density at radius 1 is 1.14 bits per heavy atom. The highest BCUT2D eigenvalue weighted by Gasteiger charge is 2.32. The number of halogens is 2. The average Bonchev–Trinajstić information content (AvgIpc) is 3.11. The number of anilines is 3. The maximum atomic E-state index is 16.1. The van der Waals surface area contributed by atoms with E-state index in [2.05, 4.69) is 36.6 Å². The molecule has 0 amide bonds. The van der Waals surface area contributed by atoms with E-state index in [-0.39, 0.29) is 36.0 Å². The molecule has 0 aliphatic carbocycles. The summed E-state index contributed by atoms with van der Waals surface area (Å²) in [5, 5.41) is 3.78. The molecule has 3 aliphatic rings. The first-order chi connectivity index (χ1) is 23.3. The Hall–Kier alpha value is -4.13. The number of aromatic nitrogens is 3. The summed E-state index contributed by atoms with van der Waals surface area (Å²) in [5.41, 5.74) is 9.49. The quantitative estimate of drug-likeness (QED) is 0.255. The highest BCUT2D eigenvalue weighted by Crippen LogP contribution is 2.42. The van der Waals surface area contributed by atoms with Crippen molar-refractivity contribution in [3.8, 4) is 11.6 Å². The van der Waals surface area contributed by atoms with E-state index >= 15 is 4.39 Å². The van der Waals surface area contributed by atoms with Gasteiger partial charge in [-0.25, -0.2) is 14.4 Å². The molecule has 7 rings (SSSR count). The van der Waals surface area contributed by atoms with Crippen molar-refractivity contribution in [2.45, 2.75) is 63.8 Å². The lowest BCUT2D eigenvalue weighted by atomic mass is 10.0. The number of benzene rings is 1. The normalized spacial score (nSPS) is 20.5. The van der Waals surface area contributed by atoms with Crippen molar-refractivity contribution in [2.24, 2.45) is 0 Å². The molecular weight excluding hydrogens is 647 g/mol. The van der Waals surface area contributed by atoms with Gasteiger partial charge in [0.25, 0.3) is 0 Å². The molecule has 13 heteroatoms. The van der Waals surface area contributed by atoms with Crippen molar-refractivity contribution in [1.29, 1.82) is 0 Å². The van der Waals surface area contributed by atoms with E-state index in [9.17, 15) is 4.79 Å². The maximum Gasteiger partial charge on any atom is 0.213 e. The molecule has 4 aromatic rings. The van der Waals surface area contributed by atoms with Gasteiger partial charge in [0.15, 0.2) is 17.0 Å². The molecule has 3 aliphatic heterocycles. The molecule has 2 saturated heterocycles. The summed E-state index contributed by atoms with van der Waals surface area (Å²) in [6.07, 6.45) is 9.51. The number of likely N-dealkylation sites (N-methyl/N-ethyl adjacent to an activating group) is 1. The van der Waals surface area contributed by atoms with E-state index in [0.29, 0.717) is 59.3 Å². The number of ether oxygens (including phenoxy) is 2. The van der Waals surface area contributed by atoms with E-state index in [1.807, 2.05) is 48.6 Å². The summed E-state index contributed by atoms with van der Waals surface area (Å²) in [6.45, 7) is 6.89. The van der Waals surface area contributed by atoms with Crippen LogP contribution in [0.1, 0.15) is 49.8 Å². The highest BCUT2D eigenvalue weighted by atomic mass is 35.5. The third-order valence-corrected chi connectivity index (χ3v) is 10.2. The van der Waals surface area contributed by atoms with Crippen molar-refractivity contribution in [2.75, 3.05) is 62.5 Å². The SMILES string of the molecule is COc1cc(CN(Cc2cn3c4c(c(N(C)C5CCCNC5)c(F)cc4c2=O)OCC3C)[C@H]2CCCN(c3ccc(N)nc3)C2)ccn1.Cl. The van der Waals surface area contributed by atoms with Crippen LogP contribution in [0.4, 0.5) is 21.6 Å². The van der Waals surface area contributed by atoms with E-state index in [1.54, 1.807) is 13.3 Å². The third-order valence-electron chi connectivity index (χ3n) is 10.2. The number of rotatable bonds is 9. The summed E-state index contributed by atoms with van der Waals surface area (Å²) >= 11 is 0. The van der Waals surface area contributed by atoms with E-state index in [0.717, 1.165) is 63.1 Å². The molecule has 0 saturated carbocycles. The summed E-state index contributed by atoms with van der Waals surface area (Å²) in [7, 11) is 3.54. The zero-order valence-electron chi connectivity index (χ0n) is 28.4. The van der Waals surface area contributed by atoms with Crippen molar-refractivity contribution < 1.29 is 13.9 Å². The van der Waals surface area contributed by atoms with E-state index in [4.69, 9.17) is 15.2 Å². The Kier molecular flexibility index (Phi) is 10.5. The lowest BCUT2D eigenvalue weighted by Gasteiger charge is -2.40. The first-order valence-electron chi connectivity index (χ1n) is 17.0. The average molecular weight is 693 g/mol. The van der Waals surface area contributed by atoms with Crippen molar-refractivity contribution >= 4 is 40.5 Å². The van der Waals surface area contributed by atoms with Crippen molar-refractivity contribution in [3.63, 3.8) is 0 Å². The minimum absolute atomic E-state index is 0. The minimum Gasteiger partial charge on any atom is -0.487 e. The molecule has 0 spiro atoms. The molecule has 3 aromatic heterocycles. The molecule has 0 bridgehead atoms. The van der Waals surface area contributed by atoms with Gasteiger partial charge in [-0.2, -0.15) is 0 Å². The van der Waals surface area contributed by atoms with Gasteiger partial charge >= 0.3 is 0 Å². The van der Waals surface area contributed by atoms with Gasteiger partial charge in [0.2, 0.25) is 5.88 Å². The summed E-state index contributed by atoms with van der Waals surface area (Å²) in [6, 6.07) is 9.45. The Balaban J connectivity index is 0.00000417. The van der Waals surface area contributed by atoms with Gasteiger partial charge in [-0.1, -0.05) is 0 Å². The first-order valence-corrected chi connectivity index (χ1v) is 17.0. The maximum absolute atomic E-state index is 16.1. The molecular formula is C36H46ClFN8O3. The predicted molar refractivity (Wildman–Crippen MR) is 194 cm³/mol. The second-order valence-corrected chi connectivity index (χ2v) is 13.4. The van der Waals surface area contributed by atoms with Crippen LogP contribution in [0.3, 0.4) is 0 Å². The number of nitrogens with one attached hydrogen (secondary N) is 1. The van der Waals surface area contributed by atoms with Gasteiger partial charge in [-0.15, -0.1) is 12.4 Å². The summed E-state index contributed by atoms with van der Waals surface area (Å²) in [5.74, 6) is 1.06. The molecule has 3 N–H and O–H groups in total. The number of methoxy groups -OCH3 is 1. The Morgan fingerprint density at radius 3 is 2.73 bits per heavy atom. The zero-order valence-corrected chi connectivity index (χ0v) is 29.2. The van der Waals surface area contributed by atoms with Crippen LogP contribution in [0.5, 0.6) is 11.6 Å². The van der Waals surface area contributed by atoms with Crippen LogP contribution >= 0.6 is 12.4 Å². The van der Waals surface area contributed by atoms with Crippen LogP contribution in [0.2, 0.25) is 0 Å². The fraction of sp³-hybridized carbons (Fsp3) is 0.472. The van der Waals surface area contributed by atoms with Crippen LogP contribution < -0.4 is 35.8 Å². The lowest BCUT2D eigenvalue weighted by molar-refractivity contribution is 0.157. The summed E-state index contributed by atoms with van der Waals surface area (Å²) < 4.78 is 30.0. The molecule has 11 nitrogen and oxygen atoms in total. The third kappa shape index (κ3) is 6.99.